The van der Waals surface area contributed by atoms with E-state index in [-0.39, 0.29) is 18.2 Å². The molecule has 114 valence electrons. The number of carbonyl (C=O) groups is 1. The molecule has 0 spiro atoms. The van der Waals surface area contributed by atoms with Gasteiger partial charge in [0.1, 0.15) is 6.54 Å². The molecule has 6 heteroatoms. The lowest BCUT2D eigenvalue weighted by atomic mass is 10.3. The summed E-state index contributed by atoms with van der Waals surface area (Å²) in [7, 11) is 0. The lowest BCUT2D eigenvalue weighted by molar-refractivity contribution is -0.116. The maximum absolute atomic E-state index is 12.5. The lowest BCUT2D eigenvalue weighted by Gasteiger charge is -2.19. The number of rotatable bonds is 5. The smallest absolute Gasteiger partial charge is 0.238 e. The maximum atomic E-state index is 12.5. The number of hydrogen-bond donors (Lipinski definition) is 0. The molecule has 0 unspecified atom stereocenters. The Kier molecular flexibility index (Phi) is 4.60. The normalized spacial score (nSPS) is 10.4. The number of nitrogens with zero attached hydrogens (tertiary/aromatic N) is 4. The first kappa shape index (κ1) is 15.1. The van der Waals surface area contributed by atoms with E-state index in [0.717, 1.165) is 16.4 Å². The van der Waals surface area contributed by atoms with Crippen LogP contribution in [0.4, 0.5) is 5.69 Å². The van der Waals surface area contributed by atoms with Crippen molar-refractivity contribution >= 4 is 28.9 Å². The molecule has 0 saturated heterocycles. The largest absolute Gasteiger partial charge is 0.298 e. The van der Waals surface area contributed by atoms with Crippen LogP contribution < -0.4 is 4.90 Å². The van der Waals surface area contributed by atoms with E-state index >= 15 is 0 Å². The number of thioether (sulfide) groups is 1. The highest BCUT2D eigenvalue weighted by Gasteiger charge is 2.16. The van der Waals surface area contributed by atoms with Crippen molar-refractivity contribution in [2.24, 2.45) is 0 Å². The zero-order valence-corrected chi connectivity index (χ0v) is 13.1. The average Bonchev–Trinajstić information content (AvgIpc) is 3.01. The Morgan fingerprint density at radius 3 is 2.78 bits per heavy atom. The van der Waals surface area contributed by atoms with Crippen LogP contribution in [0.3, 0.4) is 0 Å². The molecule has 2 heterocycles. The standard InChI is InChI=1S/C17H14N4OS/c18-9-11-20(14-6-2-1-3-7-14)16(22)13-23-17-19-12-15-8-4-5-10-21(15)17/h1-8,10,12H,11,13H2. The molecule has 0 fully saturated rings. The predicted molar refractivity (Wildman–Crippen MR) is 90.3 cm³/mol. The Balaban J connectivity index is 1.74. The number of amides is 1. The predicted octanol–water partition coefficient (Wildman–Crippen LogP) is 2.98. The van der Waals surface area contributed by atoms with E-state index in [2.05, 4.69) is 4.98 Å². The van der Waals surface area contributed by atoms with Gasteiger partial charge in [-0.25, -0.2) is 4.98 Å². The van der Waals surface area contributed by atoms with Crippen molar-refractivity contribution in [1.82, 2.24) is 9.38 Å². The van der Waals surface area contributed by atoms with Crippen molar-refractivity contribution in [2.75, 3.05) is 17.2 Å². The van der Waals surface area contributed by atoms with Crippen molar-refractivity contribution in [1.29, 1.82) is 5.26 Å². The van der Waals surface area contributed by atoms with Crippen LogP contribution in [0.1, 0.15) is 0 Å². The van der Waals surface area contributed by atoms with Gasteiger partial charge in [0.2, 0.25) is 5.91 Å². The molecule has 0 atom stereocenters. The van der Waals surface area contributed by atoms with Crippen molar-refractivity contribution in [2.45, 2.75) is 5.16 Å². The van der Waals surface area contributed by atoms with Gasteiger partial charge in [0.05, 0.1) is 23.5 Å². The van der Waals surface area contributed by atoms with Gasteiger partial charge >= 0.3 is 0 Å². The molecule has 0 aliphatic rings. The number of anilines is 1. The molecule has 0 aliphatic heterocycles. The van der Waals surface area contributed by atoms with Gasteiger partial charge in [-0.2, -0.15) is 5.26 Å². The number of imidazole rings is 1. The van der Waals surface area contributed by atoms with Gasteiger partial charge in [-0.05, 0) is 24.3 Å². The number of carbonyl (C=O) groups excluding carboxylic acids is 1. The molecule has 0 radical (unpaired) electrons. The topological polar surface area (TPSA) is 61.4 Å². The molecule has 23 heavy (non-hydrogen) atoms. The Labute approximate surface area is 138 Å². The van der Waals surface area contributed by atoms with Gasteiger partial charge in [-0.3, -0.25) is 14.1 Å². The minimum absolute atomic E-state index is 0.0335. The number of pyridine rings is 1. The number of benzene rings is 1. The van der Waals surface area contributed by atoms with E-state index in [4.69, 9.17) is 5.26 Å². The molecule has 0 saturated carbocycles. The van der Waals surface area contributed by atoms with Crippen LogP contribution in [0, 0.1) is 11.3 Å². The summed E-state index contributed by atoms with van der Waals surface area (Å²) in [5.74, 6) is 0.111. The number of para-hydroxylation sites is 1. The molecule has 0 aliphatic carbocycles. The minimum atomic E-state index is -0.115. The maximum Gasteiger partial charge on any atom is 0.238 e. The summed E-state index contributed by atoms with van der Waals surface area (Å²) in [6.45, 7) is 0.0335. The molecule has 0 bridgehead atoms. The molecule has 3 aromatic rings. The molecular weight excluding hydrogens is 308 g/mol. The summed E-state index contributed by atoms with van der Waals surface area (Å²) in [5, 5.41) is 9.74. The third kappa shape index (κ3) is 3.35. The average molecular weight is 322 g/mol. The van der Waals surface area contributed by atoms with E-state index in [0.29, 0.717) is 0 Å². The first-order valence-electron chi connectivity index (χ1n) is 7.07. The van der Waals surface area contributed by atoms with Crippen LogP contribution in [0.15, 0.2) is 66.1 Å². The monoisotopic (exact) mass is 322 g/mol. The highest BCUT2D eigenvalue weighted by molar-refractivity contribution is 7.99. The second-order valence-corrected chi connectivity index (χ2v) is 5.74. The zero-order chi connectivity index (χ0) is 16.1. The lowest BCUT2D eigenvalue weighted by Crippen LogP contribution is -2.32. The van der Waals surface area contributed by atoms with Crippen LogP contribution in [0.25, 0.3) is 5.52 Å². The van der Waals surface area contributed by atoms with Crippen LogP contribution in [-0.2, 0) is 4.79 Å². The molecule has 2 aromatic heterocycles. The molecular formula is C17H14N4OS. The third-order valence-electron chi connectivity index (χ3n) is 3.33. The van der Waals surface area contributed by atoms with Crippen LogP contribution in [0.2, 0.25) is 0 Å². The van der Waals surface area contributed by atoms with E-state index in [1.165, 1.54) is 16.7 Å². The van der Waals surface area contributed by atoms with Crippen LogP contribution >= 0.6 is 11.8 Å². The number of aromatic nitrogens is 2. The Bertz CT molecular complexity index is 854. The molecule has 0 N–H and O–H groups in total. The van der Waals surface area contributed by atoms with Gasteiger partial charge in [0, 0.05) is 11.9 Å². The quantitative estimate of drug-likeness (QED) is 0.535. The SMILES string of the molecule is N#CCN(C(=O)CSc1ncc2ccccn12)c1ccccc1. The summed E-state index contributed by atoms with van der Waals surface area (Å²) >= 11 is 1.36. The van der Waals surface area contributed by atoms with Crippen molar-refractivity contribution in [3.63, 3.8) is 0 Å². The van der Waals surface area contributed by atoms with Gasteiger partial charge in [0.25, 0.3) is 0 Å². The van der Waals surface area contributed by atoms with Gasteiger partial charge in [-0.1, -0.05) is 36.0 Å². The number of hydrogen-bond acceptors (Lipinski definition) is 4. The molecule has 1 aromatic carbocycles. The zero-order valence-electron chi connectivity index (χ0n) is 12.3. The summed E-state index contributed by atoms with van der Waals surface area (Å²) in [4.78, 5) is 18.3. The second-order valence-electron chi connectivity index (χ2n) is 4.80. The van der Waals surface area contributed by atoms with E-state index < -0.39 is 0 Å². The fraction of sp³-hybridized carbons (Fsp3) is 0.118. The summed E-state index contributed by atoms with van der Waals surface area (Å²) in [6, 6.07) is 17.1. The highest BCUT2D eigenvalue weighted by atomic mass is 32.2. The second kappa shape index (κ2) is 6.99. The summed E-state index contributed by atoms with van der Waals surface area (Å²) in [5.41, 5.74) is 1.71. The Hall–Kier alpha value is -2.78. The van der Waals surface area contributed by atoms with Crippen molar-refractivity contribution in [3.8, 4) is 6.07 Å². The fourth-order valence-corrected chi connectivity index (χ4v) is 3.07. The summed E-state index contributed by atoms with van der Waals surface area (Å²) in [6.07, 6.45) is 3.69. The Morgan fingerprint density at radius 1 is 1.22 bits per heavy atom. The molecule has 3 rings (SSSR count). The first-order chi connectivity index (χ1) is 11.3. The van der Waals surface area contributed by atoms with Crippen LogP contribution in [-0.4, -0.2) is 27.6 Å². The third-order valence-corrected chi connectivity index (χ3v) is 4.28. The van der Waals surface area contributed by atoms with Crippen molar-refractivity contribution < 1.29 is 4.79 Å². The fourth-order valence-electron chi connectivity index (χ4n) is 2.23. The van der Waals surface area contributed by atoms with E-state index in [9.17, 15) is 4.79 Å². The van der Waals surface area contributed by atoms with Gasteiger partial charge < -0.3 is 0 Å². The van der Waals surface area contributed by atoms with Gasteiger partial charge in [0.15, 0.2) is 5.16 Å². The number of nitriles is 1. The number of fused-ring (bicyclic) bond motifs is 1. The van der Waals surface area contributed by atoms with E-state index in [1.807, 2.05) is 65.2 Å². The Morgan fingerprint density at radius 2 is 2.00 bits per heavy atom. The highest BCUT2D eigenvalue weighted by Crippen LogP contribution is 2.20. The van der Waals surface area contributed by atoms with Gasteiger partial charge in [-0.15, -0.1) is 0 Å². The van der Waals surface area contributed by atoms with E-state index in [1.54, 1.807) is 6.20 Å². The first-order valence-corrected chi connectivity index (χ1v) is 8.05. The van der Waals surface area contributed by atoms with Crippen molar-refractivity contribution in [3.05, 3.63) is 60.9 Å². The minimum Gasteiger partial charge on any atom is -0.298 e. The molecule has 1 amide bonds. The van der Waals surface area contributed by atoms with Crippen LogP contribution in [0.5, 0.6) is 0 Å². The molecule has 5 nitrogen and oxygen atoms in total. The summed E-state index contributed by atoms with van der Waals surface area (Å²) < 4.78 is 1.94.